The predicted molar refractivity (Wildman–Crippen MR) is 50.9 cm³/mol. The third-order valence-corrected chi connectivity index (χ3v) is 1.99. The van der Waals surface area contributed by atoms with Crippen LogP contribution in [0.15, 0.2) is 18.2 Å². The molecule has 0 saturated heterocycles. The average molecular weight is 232 g/mol. The van der Waals surface area contributed by atoms with Crippen LogP contribution >= 0.6 is 23.2 Å². The summed E-state index contributed by atoms with van der Waals surface area (Å²) in [6.45, 7) is 0. The van der Waals surface area contributed by atoms with Crippen molar-refractivity contribution in [2.45, 2.75) is 4.84 Å². The monoisotopic (exact) mass is 231 g/mol. The highest BCUT2D eigenvalue weighted by atomic mass is 35.5. The molecule has 0 unspecified atom stereocenters. The molecule has 1 aromatic carbocycles. The Hall–Kier alpha value is -1.11. The number of carbonyl (C=O) groups is 1. The average Bonchev–Trinajstić information content (AvgIpc) is 2.16. The summed E-state index contributed by atoms with van der Waals surface area (Å²) in [4.78, 5) is 10.0. The molecular formula is C9H4Cl2FNO. The summed E-state index contributed by atoms with van der Waals surface area (Å²) in [5, 5.41) is 8.60. The molecule has 0 aliphatic heterocycles. The normalized spacial score (nSPS) is 9.93. The Morgan fingerprint density at radius 2 is 2.14 bits per heavy atom. The van der Waals surface area contributed by atoms with Gasteiger partial charge in [-0.25, -0.2) is 4.39 Å². The van der Waals surface area contributed by atoms with Gasteiger partial charge in [0.25, 0.3) is 0 Å². The van der Waals surface area contributed by atoms with E-state index in [1.165, 1.54) is 12.1 Å². The molecule has 0 atom stereocenters. The van der Waals surface area contributed by atoms with Crippen molar-refractivity contribution >= 4 is 29.0 Å². The van der Waals surface area contributed by atoms with E-state index in [4.69, 9.17) is 28.5 Å². The van der Waals surface area contributed by atoms with Crippen LogP contribution in [-0.2, 0) is 0 Å². The maximum atomic E-state index is 13.0. The Kier molecular flexibility index (Phi) is 3.45. The van der Waals surface area contributed by atoms with Crippen molar-refractivity contribution in [3.63, 3.8) is 0 Å². The topological polar surface area (TPSA) is 40.9 Å². The molecule has 0 fully saturated rings. The first kappa shape index (κ1) is 11.0. The first-order valence-electron chi connectivity index (χ1n) is 3.59. The van der Waals surface area contributed by atoms with Crippen LogP contribution in [0.3, 0.4) is 0 Å². The zero-order valence-corrected chi connectivity index (χ0v) is 8.31. The molecule has 1 aromatic rings. The van der Waals surface area contributed by atoms with Gasteiger partial charge in [-0.05, 0) is 12.1 Å². The third-order valence-electron chi connectivity index (χ3n) is 1.59. The Morgan fingerprint density at radius 3 is 2.64 bits per heavy atom. The second-order valence-electron chi connectivity index (χ2n) is 2.44. The number of alkyl halides is 2. The van der Waals surface area contributed by atoms with Crippen molar-refractivity contribution < 1.29 is 9.18 Å². The minimum Gasteiger partial charge on any atom is -0.291 e. The van der Waals surface area contributed by atoms with Crippen LogP contribution in [0.1, 0.15) is 15.9 Å². The van der Waals surface area contributed by atoms with E-state index in [1.54, 1.807) is 6.07 Å². The SMILES string of the molecule is N#Cc1c(F)cccc1C(=O)C(Cl)Cl. The second kappa shape index (κ2) is 4.41. The minimum absolute atomic E-state index is 0.0949. The van der Waals surface area contributed by atoms with E-state index >= 15 is 0 Å². The van der Waals surface area contributed by atoms with Gasteiger partial charge in [0.2, 0.25) is 0 Å². The quantitative estimate of drug-likeness (QED) is 0.580. The van der Waals surface area contributed by atoms with E-state index < -0.39 is 16.4 Å². The van der Waals surface area contributed by atoms with Gasteiger partial charge in [0.1, 0.15) is 11.9 Å². The van der Waals surface area contributed by atoms with Gasteiger partial charge >= 0.3 is 0 Å². The molecule has 0 aliphatic carbocycles. The van der Waals surface area contributed by atoms with Crippen molar-refractivity contribution in [3.8, 4) is 6.07 Å². The number of hydrogen-bond acceptors (Lipinski definition) is 2. The zero-order chi connectivity index (χ0) is 10.7. The van der Waals surface area contributed by atoms with Crippen molar-refractivity contribution in [2.24, 2.45) is 0 Å². The van der Waals surface area contributed by atoms with E-state index in [9.17, 15) is 9.18 Å². The molecule has 0 amide bonds. The zero-order valence-electron chi connectivity index (χ0n) is 6.80. The first-order valence-corrected chi connectivity index (χ1v) is 4.46. The fourth-order valence-corrected chi connectivity index (χ4v) is 1.20. The molecule has 0 heterocycles. The molecule has 0 radical (unpaired) electrons. The summed E-state index contributed by atoms with van der Waals surface area (Å²) in [6, 6.07) is 5.30. The number of halogens is 3. The molecule has 0 N–H and O–H groups in total. The molecule has 2 nitrogen and oxygen atoms in total. The summed E-state index contributed by atoms with van der Waals surface area (Å²) in [5.74, 6) is -1.43. The summed E-state index contributed by atoms with van der Waals surface area (Å²) >= 11 is 10.7. The molecule has 1 rings (SSSR count). The Balaban J connectivity index is 3.29. The Labute approximate surface area is 89.9 Å². The van der Waals surface area contributed by atoms with Gasteiger partial charge < -0.3 is 0 Å². The molecule has 0 aliphatic rings. The van der Waals surface area contributed by atoms with Crippen LogP contribution in [0.2, 0.25) is 0 Å². The predicted octanol–water partition coefficient (Wildman–Crippen LogP) is 2.68. The highest BCUT2D eigenvalue weighted by molar-refractivity contribution is 6.55. The van der Waals surface area contributed by atoms with Crippen molar-refractivity contribution in [1.29, 1.82) is 5.26 Å². The summed E-state index contributed by atoms with van der Waals surface area (Å²) in [5.41, 5.74) is -0.425. The smallest absolute Gasteiger partial charge is 0.197 e. The Morgan fingerprint density at radius 1 is 1.50 bits per heavy atom. The lowest BCUT2D eigenvalue weighted by molar-refractivity contribution is 0.101. The molecule has 0 saturated carbocycles. The highest BCUT2D eigenvalue weighted by Crippen LogP contribution is 2.17. The Bertz CT molecular complexity index is 412. The van der Waals surface area contributed by atoms with Crippen LogP contribution in [0.25, 0.3) is 0 Å². The molecule has 0 spiro atoms. The number of nitrogens with zero attached hydrogens (tertiary/aromatic N) is 1. The van der Waals surface area contributed by atoms with Crippen LogP contribution < -0.4 is 0 Å². The fraction of sp³-hybridized carbons (Fsp3) is 0.111. The van der Waals surface area contributed by atoms with E-state index in [2.05, 4.69) is 0 Å². The third kappa shape index (κ3) is 2.03. The summed E-state index contributed by atoms with van der Waals surface area (Å²) in [7, 11) is 0. The van der Waals surface area contributed by atoms with E-state index in [0.717, 1.165) is 6.07 Å². The van der Waals surface area contributed by atoms with Gasteiger partial charge in [-0.1, -0.05) is 29.3 Å². The lowest BCUT2D eigenvalue weighted by Crippen LogP contribution is -2.11. The van der Waals surface area contributed by atoms with Gasteiger partial charge in [-0.2, -0.15) is 5.26 Å². The number of rotatable bonds is 2. The fourth-order valence-electron chi connectivity index (χ4n) is 0.961. The highest BCUT2D eigenvalue weighted by Gasteiger charge is 2.19. The van der Waals surface area contributed by atoms with Crippen LogP contribution in [0.5, 0.6) is 0 Å². The second-order valence-corrected chi connectivity index (χ2v) is 3.54. The van der Waals surface area contributed by atoms with Crippen LogP contribution in [0, 0.1) is 17.1 Å². The molecule has 0 aromatic heterocycles. The molecule has 14 heavy (non-hydrogen) atoms. The largest absolute Gasteiger partial charge is 0.291 e. The van der Waals surface area contributed by atoms with Crippen molar-refractivity contribution in [3.05, 3.63) is 35.1 Å². The van der Waals surface area contributed by atoms with E-state index in [0.29, 0.717) is 0 Å². The van der Waals surface area contributed by atoms with E-state index in [1.807, 2.05) is 0 Å². The molecular weight excluding hydrogens is 228 g/mol. The van der Waals surface area contributed by atoms with Gasteiger partial charge in [-0.15, -0.1) is 0 Å². The maximum Gasteiger partial charge on any atom is 0.197 e. The van der Waals surface area contributed by atoms with Gasteiger partial charge in [0.15, 0.2) is 10.6 Å². The maximum absolute atomic E-state index is 13.0. The van der Waals surface area contributed by atoms with Gasteiger partial charge in [-0.3, -0.25) is 4.79 Å². The van der Waals surface area contributed by atoms with E-state index in [-0.39, 0.29) is 11.1 Å². The minimum atomic E-state index is -1.29. The van der Waals surface area contributed by atoms with Crippen LogP contribution in [0.4, 0.5) is 4.39 Å². The molecule has 0 bridgehead atoms. The number of hydrogen-bond donors (Lipinski definition) is 0. The number of nitriles is 1. The number of benzene rings is 1. The van der Waals surface area contributed by atoms with Crippen LogP contribution in [-0.4, -0.2) is 10.6 Å². The summed E-state index contributed by atoms with van der Waals surface area (Å²) in [6.07, 6.45) is 0. The van der Waals surface area contributed by atoms with Crippen molar-refractivity contribution in [2.75, 3.05) is 0 Å². The lowest BCUT2D eigenvalue weighted by atomic mass is 10.0. The molecule has 72 valence electrons. The first-order chi connectivity index (χ1) is 6.57. The standard InChI is InChI=1S/C9H4Cl2FNO/c10-9(11)8(14)5-2-1-3-7(12)6(5)4-13/h1-3,9H. The summed E-state index contributed by atoms with van der Waals surface area (Å²) < 4.78 is 13.0. The van der Waals surface area contributed by atoms with Gasteiger partial charge in [0, 0.05) is 5.56 Å². The number of carbonyl (C=O) groups excluding carboxylic acids is 1. The number of Topliss-reactive ketones (excluding diaryl/α,β-unsaturated/α-hetero) is 1. The van der Waals surface area contributed by atoms with Crippen molar-refractivity contribution in [1.82, 2.24) is 0 Å². The molecule has 5 heteroatoms. The number of ketones is 1. The lowest BCUT2D eigenvalue weighted by Gasteiger charge is -2.03. The van der Waals surface area contributed by atoms with Gasteiger partial charge in [0.05, 0.1) is 5.56 Å².